The zero-order chi connectivity index (χ0) is 27.4. The Hall–Kier alpha value is -3.27. The Kier molecular flexibility index (Phi) is 8.81. The van der Waals surface area contributed by atoms with E-state index in [9.17, 15) is 13.6 Å². The molecule has 2 aromatic rings. The SMILES string of the molecule is CCC1CN(c2ncc(/C(C)=N/N=C(C)C)nc2C)CCN1C1CCN(C(=O)c2ccc(F)c(F)c2)CC1. The lowest BCUT2D eigenvalue weighted by molar-refractivity contribution is 0.0490. The Balaban J connectivity index is 1.37. The Morgan fingerprint density at radius 3 is 2.42 bits per heavy atom. The van der Waals surface area contributed by atoms with Crippen LogP contribution in [0.2, 0.25) is 0 Å². The monoisotopic (exact) mass is 525 g/mol. The molecule has 0 radical (unpaired) electrons. The van der Waals surface area contributed by atoms with E-state index in [4.69, 9.17) is 9.97 Å². The van der Waals surface area contributed by atoms with Gasteiger partial charge in [-0.1, -0.05) is 6.92 Å². The van der Waals surface area contributed by atoms with Gasteiger partial charge in [0.1, 0.15) is 11.5 Å². The number of halogens is 2. The van der Waals surface area contributed by atoms with E-state index < -0.39 is 11.6 Å². The van der Waals surface area contributed by atoms with E-state index in [1.54, 1.807) is 11.1 Å². The second-order valence-electron chi connectivity index (χ2n) is 10.3. The predicted molar refractivity (Wildman–Crippen MR) is 146 cm³/mol. The van der Waals surface area contributed by atoms with Crippen LogP contribution in [0, 0.1) is 18.6 Å². The molecule has 1 atom stereocenters. The van der Waals surface area contributed by atoms with Crippen molar-refractivity contribution in [3.63, 3.8) is 0 Å². The minimum atomic E-state index is -0.993. The van der Waals surface area contributed by atoms with Crippen molar-refractivity contribution >= 4 is 23.1 Å². The van der Waals surface area contributed by atoms with Crippen LogP contribution in [-0.4, -0.2) is 81.9 Å². The average molecular weight is 526 g/mol. The minimum absolute atomic E-state index is 0.194. The summed E-state index contributed by atoms with van der Waals surface area (Å²) in [5.41, 5.74) is 3.42. The molecule has 0 bridgehead atoms. The van der Waals surface area contributed by atoms with Crippen LogP contribution >= 0.6 is 0 Å². The number of carbonyl (C=O) groups is 1. The van der Waals surface area contributed by atoms with Crippen molar-refractivity contribution in [2.75, 3.05) is 37.6 Å². The molecule has 204 valence electrons. The van der Waals surface area contributed by atoms with Crippen LogP contribution in [-0.2, 0) is 0 Å². The summed E-state index contributed by atoms with van der Waals surface area (Å²) < 4.78 is 26.9. The van der Waals surface area contributed by atoms with Gasteiger partial charge in [0.25, 0.3) is 5.91 Å². The van der Waals surface area contributed by atoms with Gasteiger partial charge in [0, 0.05) is 56.1 Å². The van der Waals surface area contributed by atoms with E-state index in [2.05, 4.69) is 26.9 Å². The van der Waals surface area contributed by atoms with Crippen LogP contribution in [0.5, 0.6) is 0 Å². The highest BCUT2D eigenvalue weighted by Crippen LogP contribution is 2.27. The maximum atomic E-state index is 13.6. The standard InChI is InChI=1S/C28H37F2N7O/c1-6-22-17-36(27-20(5)32-26(16-31-27)19(4)34-33-18(2)3)13-14-37(22)23-9-11-35(12-10-23)28(38)21-7-8-24(29)25(30)15-21/h7-8,15-16,22-23H,6,9-14,17H2,1-5H3/b34-19+. The first-order chi connectivity index (χ1) is 18.2. The number of aryl methyl sites for hydroxylation is 1. The van der Waals surface area contributed by atoms with Crippen molar-refractivity contribution < 1.29 is 13.6 Å². The third kappa shape index (κ3) is 6.23. The summed E-state index contributed by atoms with van der Waals surface area (Å²) in [6.45, 7) is 13.7. The largest absolute Gasteiger partial charge is 0.352 e. The molecule has 3 heterocycles. The summed E-state index contributed by atoms with van der Waals surface area (Å²) >= 11 is 0. The van der Waals surface area contributed by atoms with Crippen molar-refractivity contribution in [3.8, 4) is 0 Å². The maximum Gasteiger partial charge on any atom is 0.253 e. The average Bonchev–Trinajstić information content (AvgIpc) is 2.92. The lowest BCUT2D eigenvalue weighted by atomic mass is 9.97. The quantitative estimate of drug-likeness (QED) is 0.411. The fraction of sp³-hybridized carbons (Fsp3) is 0.536. The number of aromatic nitrogens is 2. The highest BCUT2D eigenvalue weighted by atomic mass is 19.2. The smallest absolute Gasteiger partial charge is 0.253 e. The molecule has 8 nitrogen and oxygen atoms in total. The molecule has 2 aliphatic rings. The summed E-state index contributed by atoms with van der Waals surface area (Å²) in [5.74, 6) is -1.27. The van der Waals surface area contributed by atoms with Crippen molar-refractivity contribution in [1.82, 2.24) is 19.8 Å². The number of piperidine rings is 1. The van der Waals surface area contributed by atoms with Gasteiger partial charge < -0.3 is 9.80 Å². The third-order valence-electron chi connectivity index (χ3n) is 7.38. The molecule has 1 amide bonds. The Morgan fingerprint density at radius 2 is 1.79 bits per heavy atom. The molecule has 4 rings (SSSR count). The summed E-state index contributed by atoms with van der Waals surface area (Å²) in [6.07, 6.45) is 4.50. The number of benzene rings is 1. The lowest BCUT2D eigenvalue weighted by Gasteiger charge is -2.47. The minimum Gasteiger partial charge on any atom is -0.352 e. The molecule has 2 aliphatic heterocycles. The van der Waals surface area contributed by atoms with Gasteiger partial charge in [-0.15, -0.1) is 0 Å². The zero-order valence-corrected chi connectivity index (χ0v) is 22.9. The number of rotatable bonds is 6. The van der Waals surface area contributed by atoms with Crippen LogP contribution < -0.4 is 4.90 Å². The van der Waals surface area contributed by atoms with Gasteiger partial charge in [-0.3, -0.25) is 9.69 Å². The first-order valence-corrected chi connectivity index (χ1v) is 13.3. The number of piperazine rings is 1. The molecule has 0 aliphatic carbocycles. The summed E-state index contributed by atoms with van der Waals surface area (Å²) in [6, 6.07) is 4.10. The van der Waals surface area contributed by atoms with Gasteiger partial charge in [-0.2, -0.15) is 10.2 Å². The molecule has 0 spiro atoms. The summed E-state index contributed by atoms with van der Waals surface area (Å²) in [4.78, 5) is 29.0. The van der Waals surface area contributed by atoms with E-state index in [0.29, 0.717) is 25.2 Å². The van der Waals surface area contributed by atoms with Gasteiger partial charge >= 0.3 is 0 Å². The fourth-order valence-electron chi connectivity index (χ4n) is 5.30. The first-order valence-electron chi connectivity index (χ1n) is 13.3. The van der Waals surface area contributed by atoms with Gasteiger partial charge in [-0.25, -0.2) is 18.7 Å². The Bertz CT molecular complexity index is 1220. The van der Waals surface area contributed by atoms with Gasteiger partial charge in [0.05, 0.1) is 17.6 Å². The molecule has 1 aromatic heterocycles. The number of anilines is 1. The number of amides is 1. The number of hydrogen-bond acceptors (Lipinski definition) is 7. The third-order valence-corrected chi connectivity index (χ3v) is 7.38. The predicted octanol–water partition coefficient (Wildman–Crippen LogP) is 4.47. The van der Waals surface area contributed by atoms with E-state index in [0.717, 1.165) is 79.7 Å². The molecule has 1 aromatic carbocycles. The molecule has 38 heavy (non-hydrogen) atoms. The summed E-state index contributed by atoms with van der Waals surface area (Å²) in [5, 5.41) is 8.35. The lowest BCUT2D eigenvalue weighted by Crippen LogP contribution is -2.59. The van der Waals surface area contributed by atoms with Crippen molar-refractivity contribution in [1.29, 1.82) is 0 Å². The molecule has 1 unspecified atom stereocenters. The van der Waals surface area contributed by atoms with Crippen LogP contribution in [0.4, 0.5) is 14.6 Å². The van der Waals surface area contributed by atoms with Crippen LogP contribution in [0.1, 0.15) is 68.7 Å². The van der Waals surface area contributed by atoms with Gasteiger partial charge in [-0.05, 0) is 65.2 Å². The number of nitrogens with zero attached hydrogens (tertiary/aromatic N) is 7. The number of hydrogen-bond donors (Lipinski definition) is 0. The summed E-state index contributed by atoms with van der Waals surface area (Å²) in [7, 11) is 0. The second kappa shape index (κ2) is 12.1. The normalized spacial score (nSPS) is 19.6. The number of carbonyl (C=O) groups excluding carboxylic acids is 1. The molecule has 2 fully saturated rings. The van der Waals surface area contributed by atoms with E-state index in [-0.39, 0.29) is 11.5 Å². The van der Waals surface area contributed by atoms with Crippen LogP contribution in [0.3, 0.4) is 0 Å². The molecule has 10 heteroatoms. The number of likely N-dealkylation sites (tertiary alicyclic amines) is 1. The van der Waals surface area contributed by atoms with Crippen molar-refractivity contribution in [3.05, 3.63) is 53.0 Å². The van der Waals surface area contributed by atoms with Crippen molar-refractivity contribution in [2.24, 2.45) is 10.2 Å². The van der Waals surface area contributed by atoms with Crippen LogP contribution in [0.25, 0.3) is 0 Å². The van der Waals surface area contributed by atoms with Gasteiger partial charge in [0.15, 0.2) is 11.6 Å². The van der Waals surface area contributed by atoms with Crippen molar-refractivity contribution in [2.45, 2.75) is 66.0 Å². The highest BCUT2D eigenvalue weighted by Gasteiger charge is 2.35. The van der Waals surface area contributed by atoms with E-state index >= 15 is 0 Å². The van der Waals surface area contributed by atoms with E-state index in [1.165, 1.54) is 6.07 Å². The molecule has 0 N–H and O–H groups in total. The van der Waals surface area contributed by atoms with E-state index in [1.807, 2.05) is 27.7 Å². The Labute approximate surface area is 223 Å². The topological polar surface area (TPSA) is 77.3 Å². The molecule has 2 saturated heterocycles. The molecular formula is C28H37F2N7O. The highest BCUT2D eigenvalue weighted by molar-refractivity contribution is 5.97. The zero-order valence-electron chi connectivity index (χ0n) is 22.9. The second-order valence-corrected chi connectivity index (χ2v) is 10.3. The first kappa shape index (κ1) is 27.8. The Morgan fingerprint density at radius 1 is 1.05 bits per heavy atom. The maximum absolute atomic E-state index is 13.6. The molecular weight excluding hydrogens is 488 g/mol. The van der Waals surface area contributed by atoms with Crippen LogP contribution in [0.15, 0.2) is 34.6 Å². The fourth-order valence-corrected chi connectivity index (χ4v) is 5.30. The van der Waals surface area contributed by atoms with Gasteiger partial charge in [0.2, 0.25) is 0 Å². The molecule has 0 saturated carbocycles.